The fraction of sp³-hybridized carbons (Fsp3) is 0.375. The molecule has 0 aromatic heterocycles. The first-order valence-electron chi connectivity index (χ1n) is 7.55. The number of nitrogens with zero attached hydrogens (tertiary/aromatic N) is 2. The van der Waals surface area contributed by atoms with Gasteiger partial charge in [0.1, 0.15) is 12.6 Å². The van der Waals surface area contributed by atoms with Crippen LogP contribution in [0.5, 0.6) is 0 Å². The lowest BCUT2D eigenvalue weighted by atomic mass is 10.1. The van der Waals surface area contributed by atoms with Crippen molar-refractivity contribution in [2.24, 2.45) is 0 Å². The van der Waals surface area contributed by atoms with Gasteiger partial charge in [-0.05, 0) is 25.0 Å². The van der Waals surface area contributed by atoms with Gasteiger partial charge >= 0.3 is 5.97 Å². The van der Waals surface area contributed by atoms with E-state index in [1.165, 1.54) is 4.90 Å². The second kappa shape index (κ2) is 4.91. The molecule has 0 radical (unpaired) electrons. The van der Waals surface area contributed by atoms with Crippen LogP contribution in [0.2, 0.25) is 0 Å². The van der Waals surface area contributed by atoms with Crippen LogP contribution < -0.4 is 0 Å². The molecule has 3 aliphatic rings. The van der Waals surface area contributed by atoms with Crippen molar-refractivity contribution in [1.82, 2.24) is 9.80 Å². The summed E-state index contributed by atoms with van der Waals surface area (Å²) in [5, 5.41) is 0. The highest BCUT2D eigenvalue weighted by Crippen LogP contribution is 2.31. The van der Waals surface area contributed by atoms with Gasteiger partial charge in [0.05, 0.1) is 11.1 Å². The van der Waals surface area contributed by atoms with Crippen LogP contribution in [-0.2, 0) is 14.3 Å². The van der Waals surface area contributed by atoms with Gasteiger partial charge in [-0.1, -0.05) is 12.1 Å². The van der Waals surface area contributed by atoms with E-state index in [1.54, 1.807) is 24.3 Å². The maximum Gasteiger partial charge on any atom is 0.327 e. The Morgan fingerprint density at radius 2 is 1.61 bits per heavy atom. The molecule has 0 aliphatic carbocycles. The summed E-state index contributed by atoms with van der Waals surface area (Å²) in [6.45, 7) is -0.122. The van der Waals surface area contributed by atoms with Gasteiger partial charge in [0.25, 0.3) is 11.8 Å². The lowest BCUT2D eigenvalue weighted by Gasteiger charge is -2.27. The summed E-state index contributed by atoms with van der Waals surface area (Å²) in [5.74, 6) is -1.75. The summed E-state index contributed by atoms with van der Waals surface area (Å²) < 4.78 is 5.12. The monoisotopic (exact) mass is 314 g/mol. The van der Waals surface area contributed by atoms with Crippen molar-refractivity contribution in [1.29, 1.82) is 0 Å². The van der Waals surface area contributed by atoms with Gasteiger partial charge in [-0.2, -0.15) is 0 Å². The summed E-state index contributed by atoms with van der Waals surface area (Å²) in [4.78, 5) is 51.7. The zero-order valence-corrected chi connectivity index (χ0v) is 12.2. The Labute approximate surface area is 131 Å². The van der Waals surface area contributed by atoms with Crippen LogP contribution in [0.15, 0.2) is 24.3 Å². The molecule has 2 atom stereocenters. The minimum absolute atomic E-state index is 0.122. The van der Waals surface area contributed by atoms with Crippen LogP contribution in [0.25, 0.3) is 0 Å². The number of benzene rings is 1. The van der Waals surface area contributed by atoms with E-state index in [4.69, 9.17) is 4.74 Å². The molecular weight excluding hydrogens is 300 g/mol. The summed E-state index contributed by atoms with van der Waals surface area (Å²) in [7, 11) is 0. The molecule has 1 aromatic rings. The van der Waals surface area contributed by atoms with Crippen molar-refractivity contribution >= 4 is 23.7 Å². The number of amides is 3. The lowest BCUT2D eigenvalue weighted by molar-refractivity contribution is -0.143. The topological polar surface area (TPSA) is 84.0 Å². The number of esters is 1. The molecule has 118 valence electrons. The minimum atomic E-state index is -0.873. The fourth-order valence-corrected chi connectivity index (χ4v) is 3.46. The van der Waals surface area contributed by atoms with Crippen LogP contribution in [-0.4, -0.2) is 52.3 Å². The molecule has 0 saturated carbocycles. The zero-order valence-electron chi connectivity index (χ0n) is 12.2. The van der Waals surface area contributed by atoms with Gasteiger partial charge in [-0.3, -0.25) is 29.0 Å². The normalized spacial score (nSPS) is 27.0. The molecule has 7 nitrogen and oxygen atoms in total. The van der Waals surface area contributed by atoms with Gasteiger partial charge < -0.3 is 4.74 Å². The predicted molar refractivity (Wildman–Crippen MR) is 76.2 cm³/mol. The largest absolute Gasteiger partial charge is 0.440 e. The lowest BCUT2D eigenvalue weighted by Crippen LogP contribution is -2.50. The third kappa shape index (κ3) is 1.96. The maximum absolute atomic E-state index is 12.7. The summed E-state index contributed by atoms with van der Waals surface area (Å²) in [6.07, 6.45) is 0.930. The highest BCUT2D eigenvalue weighted by Gasteiger charge is 2.48. The summed E-state index contributed by atoms with van der Waals surface area (Å²) >= 11 is 0. The zero-order chi connectivity index (χ0) is 16.1. The molecule has 3 heterocycles. The number of imide groups is 1. The first kappa shape index (κ1) is 13.9. The number of fused-ring (bicyclic) bond motifs is 2. The molecule has 7 heteroatoms. The van der Waals surface area contributed by atoms with E-state index in [-0.39, 0.29) is 6.54 Å². The summed E-state index contributed by atoms with van der Waals surface area (Å²) in [5.41, 5.74) is 0.639. The third-order valence-corrected chi connectivity index (χ3v) is 4.55. The Balaban J connectivity index is 1.68. The van der Waals surface area contributed by atoms with Crippen molar-refractivity contribution < 1.29 is 23.9 Å². The van der Waals surface area contributed by atoms with Crippen molar-refractivity contribution in [3.05, 3.63) is 35.4 Å². The Bertz CT molecular complexity index is 709. The highest BCUT2D eigenvalue weighted by atomic mass is 16.6. The quantitative estimate of drug-likeness (QED) is 0.558. The van der Waals surface area contributed by atoms with Crippen molar-refractivity contribution in [2.45, 2.75) is 31.5 Å². The molecule has 23 heavy (non-hydrogen) atoms. The van der Waals surface area contributed by atoms with Crippen molar-refractivity contribution in [3.8, 4) is 0 Å². The van der Waals surface area contributed by atoms with Crippen molar-refractivity contribution in [2.75, 3.05) is 6.54 Å². The molecule has 2 saturated heterocycles. The number of carbonyl (C=O) groups is 4. The Morgan fingerprint density at radius 1 is 0.957 bits per heavy atom. The van der Waals surface area contributed by atoms with Gasteiger partial charge in [-0.25, -0.2) is 0 Å². The second-order valence-corrected chi connectivity index (χ2v) is 5.88. The molecular formula is C16H14N2O5. The SMILES string of the molecule is O=C1CN2C(=O)[C@H](N3C(=O)c4ccccc4C3=O)CCC[C@@H]2O1. The smallest absolute Gasteiger partial charge is 0.327 e. The standard InChI is InChI=1S/C16H14N2O5/c19-13-8-17-12(23-13)7-3-6-11(16(17)22)18-14(20)9-4-1-2-5-10(9)15(18)21/h1-2,4-5,11-12H,3,6-8H2/t11-,12+/m1/s1. The van der Waals surface area contributed by atoms with E-state index >= 15 is 0 Å². The molecule has 4 rings (SSSR count). The molecule has 3 aliphatic heterocycles. The molecule has 0 N–H and O–H groups in total. The molecule has 2 fully saturated rings. The third-order valence-electron chi connectivity index (χ3n) is 4.55. The Morgan fingerprint density at radius 3 is 2.26 bits per heavy atom. The van der Waals surface area contributed by atoms with E-state index in [9.17, 15) is 19.2 Å². The number of carbonyl (C=O) groups excluding carboxylic acids is 4. The van der Waals surface area contributed by atoms with E-state index in [0.717, 1.165) is 4.90 Å². The fourth-order valence-electron chi connectivity index (χ4n) is 3.46. The number of ether oxygens (including phenoxy) is 1. The first-order chi connectivity index (χ1) is 11.1. The Hall–Kier alpha value is -2.70. The average molecular weight is 314 g/mol. The van der Waals surface area contributed by atoms with Crippen LogP contribution in [0, 0.1) is 0 Å². The molecule has 0 spiro atoms. The highest BCUT2D eigenvalue weighted by molar-refractivity contribution is 6.22. The number of hydrogen-bond donors (Lipinski definition) is 0. The first-order valence-corrected chi connectivity index (χ1v) is 7.55. The van der Waals surface area contributed by atoms with Gasteiger partial charge in [0, 0.05) is 6.42 Å². The molecule has 3 amide bonds. The molecule has 1 aromatic carbocycles. The van der Waals surface area contributed by atoms with E-state index in [1.807, 2.05) is 0 Å². The van der Waals surface area contributed by atoms with E-state index in [0.29, 0.717) is 30.4 Å². The molecule has 0 unspecified atom stereocenters. The number of hydrogen-bond acceptors (Lipinski definition) is 5. The predicted octanol–water partition coefficient (Wildman–Crippen LogP) is 0.547. The summed E-state index contributed by atoms with van der Waals surface area (Å²) in [6, 6.07) is 5.67. The van der Waals surface area contributed by atoms with Gasteiger partial charge in [-0.15, -0.1) is 0 Å². The van der Waals surface area contributed by atoms with E-state index in [2.05, 4.69) is 0 Å². The second-order valence-electron chi connectivity index (χ2n) is 5.88. The van der Waals surface area contributed by atoms with Gasteiger partial charge in [0.15, 0.2) is 6.23 Å². The van der Waals surface area contributed by atoms with Gasteiger partial charge in [0.2, 0.25) is 5.91 Å². The van der Waals surface area contributed by atoms with Crippen molar-refractivity contribution in [3.63, 3.8) is 0 Å². The number of rotatable bonds is 1. The average Bonchev–Trinajstić information content (AvgIpc) is 2.99. The van der Waals surface area contributed by atoms with Crippen LogP contribution in [0.4, 0.5) is 0 Å². The van der Waals surface area contributed by atoms with E-state index < -0.39 is 36.0 Å². The van der Waals surface area contributed by atoms with Crippen LogP contribution >= 0.6 is 0 Å². The maximum atomic E-state index is 12.7. The molecule has 0 bridgehead atoms. The van der Waals surface area contributed by atoms with Crippen LogP contribution in [0.3, 0.4) is 0 Å². The van der Waals surface area contributed by atoms with Crippen LogP contribution in [0.1, 0.15) is 40.0 Å². The minimum Gasteiger partial charge on any atom is -0.440 e. The Kier molecular flexibility index (Phi) is 2.97.